The Balaban J connectivity index is 1.34. The summed E-state index contributed by atoms with van der Waals surface area (Å²) in [6, 6.07) is 10.4. The van der Waals surface area contributed by atoms with Gasteiger partial charge in [-0.2, -0.15) is 0 Å². The Labute approximate surface area is 187 Å². The maximum atomic E-state index is 12.4. The van der Waals surface area contributed by atoms with E-state index in [0.29, 0.717) is 5.13 Å². The van der Waals surface area contributed by atoms with Crippen LogP contribution in [-0.4, -0.2) is 31.4 Å². The van der Waals surface area contributed by atoms with E-state index in [1.165, 1.54) is 39.1 Å². The SMILES string of the molecule is Cc1ccc(-c2csc(NC(=O)CSc3nnc(Cc4cccs4)n3C)n2)cc1C. The van der Waals surface area contributed by atoms with Gasteiger partial charge < -0.3 is 9.88 Å². The van der Waals surface area contributed by atoms with Gasteiger partial charge in [-0.3, -0.25) is 4.79 Å². The molecule has 0 atom stereocenters. The zero-order valence-corrected chi connectivity index (χ0v) is 19.3. The summed E-state index contributed by atoms with van der Waals surface area (Å²) in [6.07, 6.45) is 0.744. The Morgan fingerprint density at radius 2 is 2.03 bits per heavy atom. The van der Waals surface area contributed by atoms with E-state index in [1.54, 1.807) is 11.3 Å². The minimum absolute atomic E-state index is 0.108. The minimum Gasteiger partial charge on any atom is -0.309 e. The molecule has 0 bridgehead atoms. The number of rotatable bonds is 7. The summed E-state index contributed by atoms with van der Waals surface area (Å²) in [5.41, 5.74) is 4.41. The Morgan fingerprint density at radius 1 is 1.17 bits per heavy atom. The van der Waals surface area contributed by atoms with E-state index in [0.717, 1.165) is 28.7 Å². The highest BCUT2D eigenvalue weighted by Crippen LogP contribution is 2.27. The van der Waals surface area contributed by atoms with Crippen LogP contribution in [0.1, 0.15) is 21.8 Å². The van der Waals surface area contributed by atoms with E-state index in [1.807, 2.05) is 23.1 Å². The predicted molar refractivity (Wildman–Crippen MR) is 125 cm³/mol. The highest BCUT2D eigenvalue weighted by atomic mass is 32.2. The summed E-state index contributed by atoms with van der Waals surface area (Å²) in [6.45, 7) is 4.18. The molecular weight excluding hydrogens is 434 g/mol. The van der Waals surface area contributed by atoms with E-state index < -0.39 is 0 Å². The lowest BCUT2D eigenvalue weighted by molar-refractivity contribution is -0.113. The second-order valence-corrected chi connectivity index (χ2v) is 9.72. The average Bonchev–Trinajstić information content (AvgIpc) is 3.47. The van der Waals surface area contributed by atoms with Crippen LogP contribution in [0.4, 0.5) is 5.13 Å². The molecule has 1 aromatic carbocycles. The van der Waals surface area contributed by atoms with Crippen molar-refractivity contribution >= 4 is 45.5 Å². The number of amides is 1. The number of thioether (sulfide) groups is 1. The third-order valence-corrected chi connectivity index (χ3v) is 7.38. The predicted octanol–water partition coefficient (Wildman–Crippen LogP) is 4.94. The first-order chi connectivity index (χ1) is 14.5. The lowest BCUT2D eigenvalue weighted by Gasteiger charge is -2.04. The molecule has 0 aliphatic heterocycles. The molecule has 9 heteroatoms. The van der Waals surface area contributed by atoms with Gasteiger partial charge in [-0.05, 0) is 42.5 Å². The maximum absolute atomic E-state index is 12.4. The van der Waals surface area contributed by atoms with Crippen molar-refractivity contribution in [2.75, 3.05) is 11.1 Å². The summed E-state index contributed by atoms with van der Waals surface area (Å²) < 4.78 is 1.94. The van der Waals surface area contributed by atoms with Crippen molar-refractivity contribution in [2.45, 2.75) is 25.4 Å². The van der Waals surface area contributed by atoms with Gasteiger partial charge in [-0.25, -0.2) is 4.98 Å². The zero-order chi connectivity index (χ0) is 21.1. The fraction of sp³-hybridized carbons (Fsp3) is 0.238. The van der Waals surface area contributed by atoms with Crippen molar-refractivity contribution in [2.24, 2.45) is 7.05 Å². The van der Waals surface area contributed by atoms with Gasteiger partial charge in [0.05, 0.1) is 11.4 Å². The molecule has 0 aliphatic rings. The van der Waals surface area contributed by atoms with Gasteiger partial charge in [0.1, 0.15) is 5.82 Å². The van der Waals surface area contributed by atoms with Crippen LogP contribution in [-0.2, 0) is 18.3 Å². The minimum atomic E-state index is -0.108. The molecule has 0 saturated carbocycles. The molecular formula is C21H21N5OS3. The van der Waals surface area contributed by atoms with E-state index in [9.17, 15) is 4.79 Å². The van der Waals surface area contributed by atoms with Crippen LogP contribution >= 0.6 is 34.4 Å². The molecule has 4 rings (SSSR count). The van der Waals surface area contributed by atoms with Gasteiger partial charge >= 0.3 is 0 Å². The number of carbonyl (C=O) groups excluding carboxylic acids is 1. The highest BCUT2D eigenvalue weighted by molar-refractivity contribution is 7.99. The summed E-state index contributed by atoms with van der Waals surface area (Å²) in [7, 11) is 1.93. The Kier molecular flexibility index (Phi) is 6.31. The quantitative estimate of drug-likeness (QED) is 0.400. The van der Waals surface area contributed by atoms with Crippen molar-refractivity contribution in [1.82, 2.24) is 19.7 Å². The van der Waals surface area contributed by atoms with Gasteiger partial charge in [0.2, 0.25) is 5.91 Å². The summed E-state index contributed by atoms with van der Waals surface area (Å²) in [5.74, 6) is 1.03. The van der Waals surface area contributed by atoms with Crippen LogP contribution in [0.2, 0.25) is 0 Å². The Hall–Kier alpha value is -2.49. The van der Waals surface area contributed by atoms with Crippen molar-refractivity contribution < 1.29 is 4.79 Å². The monoisotopic (exact) mass is 455 g/mol. The number of nitrogens with one attached hydrogen (secondary N) is 1. The number of aryl methyl sites for hydroxylation is 2. The normalized spacial score (nSPS) is 11.0. The largest absolute Gasteiger partial charge is 0.309 e. The first-order valence-electron chi connectivity index (χ1n) is 9.36. The van der Waals surface area contributed by atoms with Crippen LogP contribution in [0.3, 0.4) is 0 Å². The fourth-order valence-corrected chi connectivity index (χ4v) is 5.01. The van der Waals surface area contributed by atoms with Gasteiger partial charge in [0.25, 0.3) is 0 Å². The van der Waals surface area contributed by atoms with Crippen LogP contribution in [0.5, 0.6) is 0 Å². The topological polar surface area (TPSA) is 72.7 Å². The standard InChI is InChI=1S/C21H21N5OS3/c1-13-6-7-15(9-14(13)2)17-11-29-20(22-17)23-19(27)12-30-21-25-24-18(26(21)3)10-16-5-4-8-28-16/h4-9,11H,10,12H2,1-3H3,(H,22,23,27). The Morgan fingerprint density at radius 3 is 2.80 bits per heavy atom. The van der Waals surface area contributed by atoms with Crippen LogP contribution in [0.25, 0.3) is 11.3 Å². The molecule has 0 saturated heterocycles. The number of thiophene rings is 1. The summed E-state index contributed by atoms with van der Waals surface area (Å²) in [5, 5.41) is 16.7. The summed E-state index contributed by atoms with van der Waals surface area (Å²) >= 11 is 4.50. The third-order valence-electron chi connectivity index (χ3n) is 4.72. The highest BCUT2D eigenvalue weighted by Gasteiger charge is 2.14. The van der Waals surface area contributed by atoms with Gasteiger partial charge in [-0.15, -0.1) is 32.9 Å². The molecule has 0 unspecified atom stereocenters. The van der Waals surface area contributed by atoms with Crippen LogP contribution < -0.4 is 5.32 Å². The molecule has 0 radical (unpaired) electrons. The number of hydrogen-bond acceptors (Lipinski definition) is 7. The average molecular weight is 456 g/mol. The molecule has 0 aliphatic carbocycles. The van der Waals surface area contributed by atoms with Gasteiger partial charge in [0, 0.05) is 29.3 Å². The molecule has 4 aromatic rings. The zero-order valence-electron chi connectivity index (χ0n) is 16.9. The van der Waals surface area contributed by atoms with E-state index >= 15 is 0 Å². The lowest BCUT2D eigenvalue weighted by atomic mass is 10.1. The first kappa shape index (κ1) is 20.8. The van der Waals surface area contributed by atoms with Crippen molar-refractivity contribution in [3.63, 3.8) is 0 Å². The van der Waals surface area contributed by atoms with Crippen LogP contribution in [0, 0.1) is 13.8 Å². The smallest absolute Gasteiger partial charge is 0.236 e. The number of thiazole rings is 1. The lowest BCUT2D eigenvalue weighted by Crippen LogP contribution is -2.14. The van der Waals surface area contributed by atoms with Gasteiger partial charge in [-0.1, -0.05) is 30.0 Å². The first-order valence-corrected chi connectivity index (χ1v) is 12.1. The number of anilines is 1. The van der Waals surface area contributed by atoms with Crippen molar-refractivity contribution in [1.29, 1.82) is 0 Å². The summed E-state index contributed by atoms with van der Waals surface area (Å²) in [4.78, 5) is 18.2. The molecule has 3 aromatic heterocycles. The molecule has 6 nitrogen and oxygen atoms in total. The van der Waals surface area contributed by atoms with E-state index in [2.05, 4.69) is 64.0 Å². The molecule has 1 amide bonds. The third kappa shape index (κ3) is 4.80. The molecule has 154 valence electrons. The van der Waals surface area contributed by atoms with E-state index in [-0.39, 0.29) is 11.7 Å². The molecule has 30 heavy (non-hydrogen) atoms. The second kappa shape index (κ2) is 9.11. The number of nitrogens with zero attached hydrogens (tertiary/aromatic N) is 4. The Bertz CT molecular complexity index is 1160. The number of benzene rings is 1. The maximum Gasteiger partial charge on any atom is 0.236 e. The number of carbonyl (C=O) groups is 1. The molecule has 0 fully saturated rings. The van der Waals surface area contributed by atoms with E-state index in [4.69, 9.17) is 0 Å². The fourth-order valence-electron chi connectivity index (χ4n) is 2.84. The van der Waals surface area contributed by atoms with Gasteiger partial charge in [0.15, 0.2) is 10.3 Å². The van der Waals surface area contributed by atoms with Crippen molar-refractivity contribution in [3.05, 3.63) is 62.9 Å². The second-order valence-electron chi connectivity index (χ2n) is 6.89. The number of hydrogen-bond donors (Lipinski definition) is 1. The van der Waals surface area contributed by atoms with Crippen LogP contribution in [0.15, 0.2) is 46.2 Å². The molecule has 0 spiro atoms. The number of aromatic nitrogens is 4. The molecule has 1 N–H and O–H groups in total. The van der Waals surface area contributed by atoms with Crippen molar-refractivity contribution in [3.8, 4) is 11.3 Å². The molecule has 3 heterocycles.